The van der Waals surface area contributed by atoms with Crippen molar-refractivity contribution in [3.63, 3.8) is 0 Å². The molecule has 0 atom stereocenters. The maximum absolute atomic E-state index is 13.1. The summed E-state index contributed by atoms with van der Waals surface area (Å²) in [7, 11) is 0. The van der Waals surface area contributed by atoms with E-state index in [0.29, 0.717) is 5.82 Å². The molecule has 1 aliphatic rings. The molecule has 0 saturated heterocycles. The molecule has 5 nitrogen and oxygen atoms in total. The van der Waals surface area contributed by atoms with Crippen LogP contribution in [0.1, 0.15) is 19.4 Å². The molecule has 0 aromatic carbocycles. The van der Waals surface area contributed by atoms with Crippen LogP contribution < -0.4 is 16.0 Å². The van der Waals surface area contributed by atoms with Crippen LogP contribution >= 0.6 is 19.8 Å². The van der Waals surface area contributed by atoms with E-state index in [1.54, 1.807) is 18.5 Å². The Morgan fingerprint density at radius 1 is 0.960 bits per heavy atom. The van der Waals surface area contributed by atoms with E-state index >= 15 is 0 Å². The number of pyridine rings is 2. The second-order valence-electron chi connectivity index (χ2n) is 5.85. The molecule has 4 rings (SSSR count). The molecule has 0 bridgehead atoms. The van der Waals surface area contributed by atoms with E-state index in [4.69, 9.17) is 0 Å². The van der Waals surface area contributed by atoms with Gasteiger partial charge in [-0.1, -0.05) is 0 Å². The van der Waals surface area contributed by atoms with Crippen molar-refractivity contribution < 1.29 is 0 Å². The van der Waals surface area contributed by atoms with Crippen molar-refractivity contribution in [2.24, 2.45) is 0 Å². The van der Waals surface area contributed by atoms with Gasteiger partial charge in [-0.2, -0.15) is 0 Å². The van der Waals surface area contributed by atoms with Crippen LogP contribution in [0.3, 0.4) is 0 Å². The third kappa shape index (κ3) is 2.60. The molecule has 4 heterocycles. The fourth-order valence-electron chi connectivity index (χ4n) is 2.95. The minimum atomic E-state index is -1.84. The van der Waals surface area contributed by atoms with Gasteiger partial charge in [0, 0.05) is 0 Å². The summed E-state index contributed by atoms with van der Waals surface area (Å²) >= 11 is -1.84. The number of rotatable bonds is 2. The first-order chi connectivity index (χ1) is 12.1. The molecule has 0 aliphatic carbocycles. The summed E-state index contributed by atoms with van der Waals surface area (Å²) in [5.41, 5.74) is 1.05. The minimum absolute atomic E-state index is 0.0973. The van der Waals surface area contributed by atoms with E-state index in [2.05, 4.69) is 41.0 Å². The normalized spacial score (nSPS) is 14.8. The van der Waals surface area contributed by atoms with Gasteiger partial charge in [0.05, 0.1) is 0 Å². The van der Waals surface area contributed by atoms with E-state index in [1.165, 1.54) is 11.8 Å². The molecule has 0 saturated carbocycles. The zero-order valence-electron chi connectivity index (χ0n) is 14.2. The molecule has 6 heteroatoms. The summed E-state index contributed by atoms with van der Waals surface area (Å²) in [4.78, 5) is 22.0. The van der Waals surface area contributed by atoms with Gasteiger partial charge in [-0.3, -0.25) is 0 Å². The zero-order valence-corrected chi connectivity index (χ0v) is 16.4. The van der Waals surface area contributed by atoms with Crippen molar-refractivity contribution in [3.05, 3.63) is 79.0 Å². The molecule has 3 aromatic rings. The Kier molecular flexibility index (Phi) is 3.99. The maximum atomic E-state index is 13.1. The summed E-state index contributed by atoms with van der Waals surface area (Å²) in [6.45, 7) is 6.23. The van der Waals surface area contributed by atoms with Crippen LogP contribution in [-0.2, 0) is 0 Å². The number of fused-ring (bicyclic) bond motifs is 1. The van der Waals surface area contributed by atoms with Gasteiger partial charge in [0.1, 0.15) is 0 Å². The van der Waals surface area contributed by atoms with Crippen LogP contribution in [0.2, 0.25) is 0 Å². The van der Waals surface area contributed by atoms with E-state index < -0.39 is 19.8 Å². The first kappa shape index (κ1) is 16.1. The summed E-state index contributed by atoms with van der Waals surface area (Å²) in [5.74, 6) is 0.543. The van der Waals surface area contributed by atoms with Gasteiger partial charge in [0.15, 0.2) is 0 Å². The number of aryl methyl sites for hydroxylation is 1. The third-order valence-electron chi connectivity index (χ3n) is 4.20. The van der Waals surface area contributed by atoms with Crippen molar-refractivity contribution in [3.8, 4) is 5.82 Å². The van der Waals surface area contributed by atoms with Crippen LogP contribution in [0, 0.1) is 10.6 Å². The predicted octanol–water partition coefficient (Wildman–Crippen LogP) is 1.98. The number of hydrogen-bond donors (Lipinski definition) is 0. The van der Waals surface area contributed by atoms with Crippen molar-refractivity contribution in [2.45, 2.75) is 20.8 Å². The fourth-order valence-corrected chi connectivity index (χ4v) is 8.83. The summed E-state index contributed by atoms with van der Waals surface area (Å²) < 4.78 is 4.94. The Hall–Kier alpha value is -2.35. The number of nitrogens with zero attached hydrogens (tertiary/aromatic N) is 4. The zero-order chi connectivity index (χ0) is 17.6. The molecule has 3 aromatic heterocycles. The third-order valence-corrected chi connectivity index (χ3v) is 10.3. The number of halogens is 1. The van der Waals surface area contributed by atoms with E-state index in [-0.39, 0.29) is 5.56 Å². The van der Waals surface area contributed by atoms with Crippen LogP contribution in [0.5, 0.6) is 0 Å². The van der Waals surface area contributed by atoms with Gasteiger partial charge < -0.3 is 0 Å². The fraction of sp³-hybridized carbons (Fsp3) is 0.158. The summed E-state index contributed by atoms with van der Waals surface area (Å²) in [5, 5.41) is 6.12. The molecular formula is C19H17IN4O. The molecule has 25 heavy (non-hydrogen) atoms. The Morgan fingerprint density at radius 2 is 1.80 bits per heavy atom. The van der Waals surface area contributed by atoms with Gasteiger partial charge in [0.25, 0.3) is 0 Å². The first-order valence-electron chi connectivity index (χ1n) is 7.92. The molecule has 0 unspecified atom stereocenters. The first-order valence-corrected chi connectivity index (χ1v) is 11.2. The second-order valence-corrected chi connectivity index (χ2v) is 11.8. The van der Waals surface area contributed by atoms with Gasteiger partial charge in [0.2, 0.25) is 0 Å². The number of hydrogen-bond acceptors (Lipinski definition) is 4. The van der Waals surface area contributed by atoms with Gasteiger partial charge in [-0.15, -0.1) is 0 Å². The average molecular weight is 444 g/mol. The Bertz CT molecular complexity index is 1130. The van der Waals surface area contributed by atoms with Crippen LogP contribution in [0.15, 0.2) is 53.7 Å². The molecule has 0 radical (unpaired) electrons. The Morgan fingerprint density at radius 3 is 2.48 bits per heavy atom. The molecule has 0 spiro atoms. The predicted molar refractivity (Wildman–Crippen MR) is 107 cm³/mol. The molecule has 0 N–H and O–H groups in total. The van der Waals surface area contributed by atoms with Crippen molar-refractivity contribution in [1.29, 1.82) is 0 Å². The van der Waals surface area contributed by atoms with Gasteiger partial charge in [-0.05, 0) is 0 Å². The molecule has 0 amide bonds. The molecular weight excluding hydrogens is 427 g/mol. The summed E-state index contributed by atoms with van der Waals surface area (Å²) in [6.07, 6.45) is 5.37. The van der Waals surface area contributed by atoms with E-state index in [9.17, 15) is 4.79 Å². The molecule has 126 valence electrons. The Balaban J connectivity index is 1.97. The van der Waals surface area contributed by atoms with Crippen LogP contribution in [-0.4, -0.2) is 19.7 Å². The van der Waals surface area contributed by atoms with Gasteiger partial charge in [-0.25, -0.2) is 0 Å². The van der Waals surface area contributed by atoms with Crippen molar-refractivity contribution in [2.75, 3.05) is 0 Å². The summed E-state index contributed by atoms with van der Waals surface area (Å²) in [6, 6.07) is 9.66. The van der Waals surface area contributed by atoms with Crippen molar-refractivity contribution in [1.82, 2.24) is 19.7 Å². The van der Waals surface area contributed by atoms with E-state index in [1.807, 2.05) is 25.3 Å². The molecule has 0 fully saturated rings. The second kappa shape index (κ2) is 6.18. The molecule has 1 aliphatic heterocycles. The van der Waals surface area contributed by atoms with Crippen molar-refractivity contribution >= 4 is 27.0 Å². The van der Waals surface area contributed by atoms with Crippen LogP contribution in [0.25, 0.3) is 13.0 Å². The Labute approximate surface area is 152 Å². The monoisotopic (exact) mass is 444 g/mol. The quantitative estimate of drug-likeness (QED) is 0.448. The standard InChI is InChI=1S/C19H17IN4O/c1-12-7-8-16(22-10-12)20-13(2)15-11-23-24(17-6-4-5-9-21-17)19(25)18(15)14(20)3/h4-11H,1-3H3. The average Bonchev–Trinajstić information content (AvgIpc) is 2.88. The topological polar surface area (TPSA) is 60.7 Å². The van der Waals surface area contributed by atoms with Crippen LogP contribution in [0.4, 0.5) is 0 Å². The SMILES string of the molecule is CC1=c2cnn(-c3ccccn3)c(=O)c2=C(C)I1c1ccc(C)cn1. The van der Waals surface area contributed by atoms with E-state index in [0.717, 1.165) is 19.7 Å². The number of aromatic nitrogens is 4. The van der Waals surface area contributed by atoms with Gasteiger partial charge >= 0.3 is 152 Å².